The monoisotopic (exact) mass is 206 g/mol. The first-order valence-electron chi connectivity index (χ1n) is 5.15. The van der Waals surface area contributed by atoms with Crippen molar-refractivity contribution < 1.29 is 0 Å². The van der Waals surface area contributed by atoms with E-state index >= 15 is 0 Å². The van der Waals surface area contributed by atoms with Crippen molar-refractivity contribution in [1.29, 1.82) is 0 Å². The molecule has 15 heavy (non-hydrogen) atoms. The minimum Gasteiger partial charge on any atom is -0.320 e. The van der Waals surface area contributed by atoms with Crippen molar-refractivity contribution in [3.05, 3.63) is 30.3 Å². The smallest absolute Gasteiger partial charge is 0.0874 e. The van der Waals surface area contributed by atoms with E-state index in [1.807, 2.05) is 49.4 Å². The van der Waals surface area contributed by atoms with Crippen molar-refractivity contribution >= 4 is 5.69 Å². The van der Waals surface area contributed by atoms with Crippen LogP contribution in [0.25, 0.3) is 0 Å². The molecule has 0 aliphatic rings. The summed E-state index contributed by atoms with van der Waals surface area (Å²) < 4.78 is 0. The zero-order valence-corrected chi connectivity index (χ0v) is 9.35. The second kappa shape index (κ2) is 6.95. The van der Waals surface area contributed by atoms with Crippen LogP contribution in [0.1, 0.15) is 6.42 Å². The standard InChI is InChI=1S/C11H18N4/c1-12-9-6-10-15(2)14-13-11-7-4-3-5-8-11/h3-5,7-8,12H,6,9-10H2,1-2H3. The summed E-state index contributed by atoms with van der Waals surface area (Å²) in [5.74, 6) is 0. The van der Waals surface area contributed by atoms with Gasteiger partial charge in [0, 0.05) is 13.6 Å². The fraction of sp³-hybridized carbons (Fsp3) is 0.455. The van der Waals surface area contributed by atoms with Crippen LogP contribution in [0.4, 0.5) is 5.69 Å². The fourth-order valence-electron chi connectivity index (χ4n) is 1.15. The Morgan fingerprint density at radius 3 is 2.67 bits per heavy atom. The summed E-state index contributed by atoms with van der Waals surface area (Å²) in [7, 11) is 3.88. The van der Waals surface area contributed by atoms with Gasteiger partial charge < -0.3 is 5.32 Å². The summed E-state index contributed by atoms with van der Waals surface area (Å²) >= 11 is 0. The maximum Gasteiger partial charge on any atom is 0.0874 e. The second-order valence-electron chi connectivity index (χ2n) is 3.36. The molecular weight excluding hydrogens is 188 g/mol. The molecule has 0 aliphatic carbocycles. The lowest BCUT2D eigenvalue weighted by molar-refractivity contribution is 0.326. The molecule has 0 spiro atoms. The van der Waals surface area contributed by atoms with Crippen LogP contribution in [0.3, 0.4) is 0 Å². The highest BCUT2D eigenvalue weighted by molar-refractivity contribution is 5.34. The Labute approximate surface area is 91.0 Å². The molecule has 0 saturated heterocycles. The predicted molar refractivity (Wildman–Crippen MR) is 62.1 cm³/mol. The maximum absolute atomic E-state index is 4.12. The molecule has 0 amide bonds. The van der Waals surface area contributed by atoms with Crippen molar-refractivity contribution in [2.75, 3.05) is 27.2 Å². The van der Waals surface area contributed by atoms with Crippen LogP contribution >= 0.6 is 0 Å². The number of nitrogens with one attached hydrogen (secondary N) is 1. The topological polar surface area (TPSA) is 40.0 Å². The molecule has 4 heteroatoms. The number of nitrogens with zero attached hydrogens (tertiary/aromatic N) is 3. The van der Waals surface area contributed by atoms with Crippen molar-refractivity contribution in [3.8, 4) is 0 Å². The molecule has 0 aromatic heterocycles. The Kier molecular flexibility index (Phi) is 5.40. The van der Waals surface area contributed by atoms with Gasteiger partial charge in [0.1, 0.15) is 0 Å². The van der Waals surface area contributed by atoms with E-state index < -0.39 is 0 Å². The van der Waals surface area contributed by atoms with E-state index in [4.69, 9.17) is 0 Å². The van der Waals surface area contributed by atoms with Gasteiger partial charge in [-0.05, 0) is 32.1 Å². The van der Waals surface area contributed by atoms with Gasteiger partial charge in [-0.25, -0.2) is 0 Å². The Morgan fingerprint density at radius 1 is 1.27 bits per heavy atom. The summed E-state index contributed by atoms with van der Waals surface area (Å²) in [5.41, 5.74) is 0.887. The van der Waals surface area contributed by atoms with Gasteiger partial charge in [-0.2, -0.15) is 0 Å². The van der Waals surface area contributed by atoms with Crippen LogP contribution in [-0.2, 0) is 0 Å². The summed E-state index contributed by atoms with van der Waals surface area (Å²) in [6, 6.07) is 9.75. The highest BCUT2D eigenvalue weighted by Crippen LogP contribution is 2.10. The number of hydrogen-bond acceptors (Lipinski definition) is 3. The summed E-state index contributed by atoms with van der Waals surface area (Å²) in [6.45, 7) is 1.92. The highest BCUT2D eigenvalue weighted by atomic mass is 15.5. The Balaban J connectivity index is 2.31. The Morgan fingerprint density at radius 2 is 2.00 bits per heavy atom. The van der Waals surface area contributed by atoms with E-state index in [1.54, 1.807) is 0 Å². The summed E-state index contributed by atoms with van der Waals surface area (Å²) in [4.78, 5) is 0. The molecule has 1 rings (SSSR count). The zero-order valence-electron chi connectivity index (χ0n) is 9.35. The molecule has 0 atom stereocenters. The fourth-order valence-corrected chi connectivity index (χ4v) is 1.15. The third-order valence-corrected chi connectivity index (χ3v) is 1.98. The van der Waals surface area contributed by atoms with Crippen LogP contribution in [0, 0.1) is 0 Å². The average Bonchev–Trinajstić information content (AvgIpc) is 2.28. The minimum absolute atomic E-state index is 0.887. The molecule has 82 valence electrons. The van der Waals surface area contributed by atoms with Crippen LogP contribution in [0.5, 0.6) is 0 Å². The molecule has 0 fully saturated rings. The highest BCUT2D eigenvalue weighted by Gasteiger charge is 1.92. The van der Waals surface area contributed by atoms with Crippen molar-refractivity contribution in [3.63, 3.8) is 0 Å². The van der Waals surface area contributed by atoms with Crippen molar-refractivity contribution in [2.24, 2.45) is 10.3 Å². The largest absolute Gasteiger partial charge is 0.320 e. The summed E-state index contributed by atoms with van der Waals surface area (Å²) in [6.07, 6.45) is 1.07. The van der Waals surface area contributed by atoms with Gasteiger partial charge in [0.2, 0.25) is 0 Å². The van der Waals surface area contributed by atoms with Gasteiger partial charge in [0.15, 0.2) is 0 Å². The molecule has 0 radical (unpaired) electrons. The van der Waals surface area contributed by atoms with E-state index in [9.17, 15) is 0 Å². The Bertz CT molecular complexity index is 284. The first kappa shape index (κ1) is 11.7. The average molecular weight is 206 g/mol. The first-order valence-corrected chi connectivity index (χ1v) is 5.15. The molecule has 0 bridgehead atoms. The molecule has 1 aromatic rings. The van der Waals surface area contributed by atoms with Gasteiger partial charge in [0.05, 0.1) is 5.69 Å². The second-order valence-corrected chi connectivity index (χ2v) is 3.36. The first-order chi connectivity index (χ1) is 7.33. The normalized spacial score (nSPS) is 10.8. The zero-order chi connectivity index (χ0) is 10.9. The van der Waals surface area contributed by atoms with E-state index in [2.05, 4.69) is 15.7 Å². The lowest BCUT2D eigenvalue weighted by Crippen LogP contribution is -2.17. The van der Waals surface area contributed by atoms with E-state index in [-0.39, 0.29) is 0 Å². The number of hydrogen-bond donors (Lipinski definition) is 1. The lowest BCUT2D eigenvalue weighted by atomic mass is 10.3. The van der Waals surface area contributed by atoms with E-state index in [0.717, 1.165) is 25.2 Å². The van der Waals surface area contributed by atoms with Gasteiger partial charge >= 0.3 is 0 Å². The van der Waals surface area contributed by atoms with Crippen LogP contribution < -0.4 is 5.32 Å². The van der Waals surface area contributed by atoms with Crippen LogP contribution in [0.15, 0.2) is 40.7 Å². The maximum atomic E-state index is 4.12. The van der Waals surface area contributed by atoms with Crippen molar-refractivity contribution in [2.45, 2.75) is 6.42 Å². The summed E-state index contributed by atoms with van der Waals surface area (Å²) in [5, 5.41) is 13.2. The number of rotatable bonds is 6. The molecule has 0 heterocycles. The molecule has 1 aromatic carbocycles. The molecule has 1 N–H and O–H groups in total. The predicted octanol–water partition coefficient (Wildman–Crippen LogP) is 2.23. The minimum atomic E-state index is 0.887. The number of benzene rings is 1. The third kappa shape index (κ3) is 5.12. The SMILES string of the molecule is CNCCCN(C)N=Nc1ccccc1. The van der Waals surface area contributed by atoms with Crippen molar-refractivity contribution in [1.82, 2.24) is 10.3 Å². The van der Waals surface area contributed by atoms with Crippen LogP contribution in [-0.4, -0.2) is 32.2 Å². The van der Waals surface area contributed by atoms with E-state index in [1.165, 1.54) is 0 Å². The molecule has 0 unspecified atom stereocenters. The van der Waals surface area contributed by atoms with Crippen LogP contribution in [0.2, 0.25) is 0 Å². The lowest BCUT2D eigenvalue weighted by Gasteiger charge is -2.10. The Hall–Kier alpha value is -1.42. The van der Waals surface area contributed by atoms with E-state index in [0.29, 0.717) is 0 Å². The quantitative estimate of drug-likeness (QED) is 0.440. The van der Waals surface area contributed by atoms with Gasteiger partial charge in [-0.3, -0.25) is 5.01 Å². The molecule has 0 aliphatic heterocycles. The van der Waals surface area contributed by atoms with Gasteiger partial charge in [-0.1, -0.05) is 23.4 Å². The van der Waals surface area contributed by atoms with Gasteiger partial charge in [0.25, 0.3) is 0 Å². The molecular formula is C11H18N4. The molecule has 0 saturated carbocycles. The third-order valence-electron chi connectivity index (χ3n) is 1.98. The van der Waals surface area contributed by atoms with Gasteiger partial charge in [-0.15, -0.1) is 5.11 Å². The molecule has 4 nitrogen and oxygen atoms in total.